The van der Waals surface area contributed by atoms with Gasteiger partial charge in [-0.3, -0.25) is 10.1 Å². The minimum atomic E-state index is -0.198. The van der Waals surface area contributed by atoms with Gasteiger partial charge in [-0.05, 0) is 62.6 Å². The Balaban J connectivity index is 1.95. The highest BCUT2D eigenvalue weighted by atomic mass is 16.5. The summed E-state index contributed by atoms with van der Waals surface area (Å²) in [4.78, 5) is 17.7. The fraction of sp³-hybridized carbons (Fsp3) is 0.360. The van der Waals surface area contributed by atoms with Gasteiger partial charge in [0.1, 0.15) is 5.76 Å². The maximum Gasteiger partial charge on any atom is 0.257 e. The summed E-state index contributed by atoms with van der Waals surface area (Å²) in [6.07, 6.45) is 5.53. The quantitative estimate of drug-likeness (QED) is 0.494. The standard InChI is InChI=1S/C25H32N4O2/c1-8-9-22(31-7)23(15(2)3)20-14-18(13-17(5)26-20)24(30)28-25-27-19-11-10-16(4)12-21(19)29(25)6/h10-14,17,26H,2,8-9H2,1,3-7H3,(H,27,28,30)/b23-22-. The summed E-state index contributed by atoms with van der Waals surface area (Å²) >= 11 is 0. The predicted octanol–water partition coefficient (Wildman–Crippen LogP) is 4.90. The molecule has 2 N–H and O–H groups in total. The summed E-state index contributed by atoms with van der Waals surface area (Å²) in [5.74, 6) is 1.19. The molecule has 1 amide bonds. The Bertz CT molecular complexity index is 1120. The van der Waals surface area contributed by atoms with Crippen LogP contribution in [0.3, 0.4) is 0 Å². The lowest BCUT2D eigenvalue weighted by atomic mass is 9.96. The van der Waals surface area contributed by atoms with E-state index in [4.69, 9.17) is 4.74 Å². The summed E-state index contributed by atoms with van der Waals surface area (Å²) in [5, 5.41) is 6.41. The van der Waals surface area contributed by atoms with Crippen LogP contribution in [-0.2, 0) is 16.6 Å². The van der Waals surface area contributed by atoms with Crippen LogP contribution in [0.2, 0.25) is 0 Å². The van der Waals surface area contributed by atoms with Crippen molar-refractivity contribution >= 4 is 22.9 Å². The van der Waals surface area contributed by atoms with Crippen LogP contribution in [0.5, 0.6) is 0 Å². The van der Waals surface area contributed by atoms with Crippen LogP contribution >= 0.6 is 0 Å². The monoisotopic (exact) mass is 420 g/mol. The van der Waals surface area contributed by atoms with Crippen LogP contribution in [0, 0.1) is 6.92 Å². The van der Waals surface area contributed by atoms with E-state index in [-0.39, 0.29) is 11.9 Å². The average Bonchev–Trinajstić information content (AvgIpc) is 3.02. The van der Waals surface area contributed by atoms with E-state index in [9.17, 15) is 4.79 Å². The number of nitrogens with zero attached hydrogens (tertiary/aromatic N) is 2. The van der Waals surface area contributed by atoms with Crippen molar-refractivity contribution in [2.24, 2.45) is 7.05 Å². The fourth-order valence-electron chi connectivity index (χ4n) is 3.85. The number of amides is 1. The largest absolute Gasteiger partial charge is 0.500 e. The smallest absolute Gasteiger partial charge is 0.257 e. The maximum absolute atomic E-state index is 13.1. The summed E-state index contributed by atoms with van der Waals surface area (Å²) < 4.78 is 7.56. The third-order valence-corrected chi connectivity index (χ3v) is 5.33. The number of allylic oxidation sites excluding steroid dienone is 2. The Hall–Kier alpha value is -3.28. The van der Waals surface area contributed by atoms with Gasteiger partial charge in [0.05, 0.1) is 18.1 Å². The number of hydrogen-bond acceptors (Lipinski definition) is 4. The molecule has 3 rings (SSSR count). The van der Waals surface area contributed by atoms with Crippen molar-refractivity contribution in [2.45, 2.75) is 46.6 Å². The van der Waals surface area contributed by atoms with Gasteiger partial charge in [0.15, 0.2) is 0 Å². The lowest BCUT2D eigenvalue weighted by molar-refractivity contribution is -0.112. The van der Waals surface area contributed by atoms with E-state index >= 15 is 0 Å². The molecule has 1 aliphatic heterocycles. The molecule has 164 valence electrons. The highest BCUT2D eigenvalue weighted by Crippen LogP contribution is 2.28. The summed E-state index contributed by atoms with van der Waals surface area (Å²) in [6.45, 7) is 12.3. The van der Waals surface area contributed by atoms with Crippen molar-refractivity contribution in [3.05, 3.63) is 70.7 Å². The number of hydrogen-bond donors (Lipinski definition) is 2. The Labute approximate surface area is 184 Å². The van der Waals surface area contributed by atoms with Crippen LogP contribution in [-0.4, -0.2) is 28.6 Å². The zero-order valence-corrected chi connectivity index (χ0v) is 19.3. The second-order valence-corrected chi connectivity index (χ2v) is 8.09. The molecule has 6 heteroatoms. The molecule has 1 aromatic carbocycles. The maximum atomic E-state index is 13.1. The number of benzene rings is 1. The molecule has 1 unspecified atom stereocenters. The summed E-state index contributed by atoms with van der Waals surface area (Å²) in [7, 11) is 3.58. The minimum Gasteiger partial charge on any atom is -0.500 e. The lowest BCUT2D eigenvalue weighted by Gasteiger charge is -2.25. The van der Waals surface area contributed by atoms with E-state index in [1.807, 2.05) is 56.7 Å². The fourth-order valence-corrected chi connectivity index (χ4v) is 3.85. The number of carbonyl (C=O) groups excluding carboxylic acids is 1. The van der Waals surface area contributed by atoms with E-state index in [1.54, 1.807) is 7.11 Å². The Morgan fingerprint density at radius 3 is 2.77 bits per heavy atom. The Morgan fingerprint density at radius 2 is 2.13 bits per heavy atom. The zero-order chi connectivity index (χ0) is 22.7. The predicted molar refractivity (Wildman–Crippen MR) is 127 cm³/mol. The number of aryl methyl sites for hydroxylation is 2. The topological polar surface area (TPSA) is 68.2 Å². The molecule has 2 aromatic rings. The van der Waals surface area contributed by atoms with Crippen molar-refractivity contribution < 1.29 is 9.53 Å². The third-order valence-electron chi connectivity index (χ3n) is 5.33. The van der Waals surface area contributed by atoms with Crippen LogP contribution < -0.4 is 10.6 Å². The minimum absolute atomic E-state index is 0.0158. The molecule has 1 aromatic heterocycles. The van der Waals surface area contributed by atoms with Gasteiger partial charge in [-0.15, -0.1) is 0 Å². The number of methoxy groups -OCH3 is 1. The van der Waals surface area contributed by atoms with Gasteiger partial charge in [-0.2, -0.15) is 0 Å². The average molecular weight is 421 g/mol. The van der Waals surface area contributed by atoms with Crippen molar-refractivity contribution in [1.82, 2.24) is 14.9 Å². The third kappa shape index (κ3) is 4.74. The molecule has 0 radical (unpaired) electrons. The number of dihydropyridines is 1. The molecule has 2 heterocycles. The zero-order valence-electron chi connectivity index (χ0n) is 19.3. The molecule has 1 atom stereocenters. The molecule has 1 aliphatic rings. The van der Waals surface area contributed by atoms with Crippen molar-refractivity contribution in [1.29, 1.82) is 0 Å². The first-order valence-electron chi connectivity index (χ1n) is 10.6. The highest BCUT2D eigenvalue weighted by molar-refractivity contribution is 6.06. The second kappa shape index (κ2) is 9.25. The van der Waals surface area contributed by atoms with Crippen LogP contribution in [0.4, 0.5) is 5.95 Å². The van der Waals surface area contributed by atoms with E-state index in [1.165, 1.54) is 0 Å². The van der Waals surface area contributed by atoms with Gasteiger partial charge in [0.2, 0.25) is 5.95 Å². The first-order valence-corrected chi connectivity index (χ1v) is 10.6. The Kier molecular flexibility index (Phi) is 6.68. The van der Waals surface area contributed by atoms with Gasteiger partial charge >= 0.3 is 0 Å². The molecule has 0 spiro atoms. The number of nitrogens with one attached hydrogen (secondary N) is 2. The number of anilines is 1. The summed E-state index contributed by atoms with van der Waals surface area (Å²) in [6, 6.07) is 6.03. The Morgan fingerprint density at radius 1 is 1.39 bits per heavy atom. The first kappa shape index (κ1) is 22.4. The van der Waals surface area contributed by atoms with Crippen LogP contribution in [0.15, 0.2) is 65.1 Å². The highest BCUT2D eigenvalue weighted by Gasteiger charge is 2.22. The second-order valence-electron chi connectivity index (χ2n) is 8.09. The molecule has 0 saturated heterocycles. The SMILES string of the molecule is C=C(C)/C(C1=CC(C(=O)Nc2nc3ccc(C)cc3n2C)=CC(C)N1)=C(\CCC)OC. The lowest BCUT2D eigenvalue weighted by Crippen LogP contribution is -2.31. The molecule has 0 fully saturated rings. The van der Waals surface area contributed by atoms with Gasteiger partial charge in [-0.25, -0.2) is 4.98 Å². The van der Waals surface area contributed by atoms with Crippen LogP contribution in [0.1, 0.15) is 39.2 Å². The molecule has 0 saturated carbocycles. The van der Waals surface area contributed by atoms with Gasteiger partial charge in [0, 0.05) is 36.4 Å². The van der Waals surface area contributed by atoms with Gasteiger partial charge in [0.25, 0.3) is 5.91 Å². The van der Waals surface area contributed by atoms with E-state index in [0.717, 1.165) is 52.0 Å². The summed E-state index contributed by atoms with van der Waals surface area (Å²) in [5.41, 5.74) is 6.22. The van der Waals surface area contributed by atoms with E-state index < -0.39 is 0 Å². The first-order chi connectivity index (χ1) is 14.7. The number of carbonyl (C=O) groups is 1. The number of ether oxygens (including phenoxy) is 1. The van der Waals surface area contributed by atoms with E-state index in [2.05, 4.69) is 35.2 Å². The van der Waals surface area contributed by atoms with E-state index in [0.29, 0.717) is 11.5 Å². The van der Waals surface area contributed by atoms with Crippen molar-refractivity contribution in [2.75, 3.05) is 12.4 Å². The molecule has 0 aliphatic carbocycles. The number of rotatable bonds is 7. The van der Waals surface area contributed by atoms with Gasteiger partial charge in [-0.1, -0.05) is 19.6 Å². The molecule has 6 nitrogen and oxygen atoms in total. The molecule has 0 bridgehead atoms. The molecule has 31 heavy (non-hydrogen) atoms. The number of fused-ring (bicyclic) bond motifs is 1. The number of aromatic nitrogens is 2. The van der Waals surface area contributed by atoms with Crippen molar-refractivity contribution in [3.63, 3.8) is 0 Å². The molecular weight excluding hydrogens is 388 g/mol. The van der Waals surface area contributed by atoms with Crippen molar-refractivity contribution in [3.8, 4) is 0 Å². The van der Waals surface area contributed by atoms with Gasteiger partial charge < -0.3 is 14.6 Å². The number of imidazole rings is 1. The normalized spacial score (nSPS) is 16.8. The van der Waals surface area contributed by atoms with Crippen LogP contribution in [0.25, 0.3) is 11.0 Å². The molecular formula is C25H32N4O2.